The van der Waals surface area contributed by atoms with Gasteiger partial charge in [0.2, 0.25) is 0 Å². The Kier molecular flexibility index (Phi) is 2.44. The van der Waals surface area contributed by atoms with Crippen LogP contribution in [0.5, 0.6) is 0 Å². The predicted octanol–water partition coefficient (Wildman–Crippen LogP) is 2.83. The molecule has 3 nitrogen and oxygen atoms in total. The molecule has 1 N–H and O–H groups in total. The molecule has 20 heavy (non-hydrogen) atoms. The van der Waals surface area contributed by atoms with E-state index < -0.39 is 0 Å². The normalized spacial score (nSPS) is 13.3. The van der Waals surface area contributed by atoms with Gasteiger partial charge in [0.1, 0.15) is 0 Å². The molecule has 0 fully saturated rings. The van der Waals surface area contributed by atoms with Crippen LogP contribution in [-0.2, 0) is 26.5 Å². The minimum absolute atomic E-state index is 0.0872. The molecule has 0 amide bonds. The van der Waals surface area contributed by atoms with Crippen LogP contribution in [0.1, 0.15) is 16.8 Å². The highest BCUT2D eigenvalue weighted by atomic mass is 16.3. The number of rotatable bonds is 1. The summed E-state index contributed by atoms with van der Waals surface area (Å²) in [5.41, 5.74) is 7.28. The first kappa shape index (κ1) is 11.7. The average Bonchev–Trinajstić information content (AvgIpc) is 2.80. The van der Waals surface area contributed by atoms with Gasteiger partial charge in [0, 0.05) is 35.4 Å². The van der Waals surface area contributed by atoms with Crippen molar-refractivity contribution in [2.75, 3.05) is 0 Å². The molecule has 0 spiro atoms. The van der Waals surface area contributed by atoms with E-state index in [9.17, 15) is 5.11 Å². The van der Waals surface area contributed by atoms with Crippen molar-refractivity contribution >= 4 is 10.9 Å². The topological polar surface area (TPSA) is 38.0 Å². The van der Waals surface area contributed by atoms with Gasteiger partial charge in [0.25, 0.3) is 0 Å². The van der Waals surface area contributed by atoms with Gasteiger partial charge in [-0.15, -0.1) is 0 Å². The molecular weight excluding hydrogens is 248 g/mol. The van der Waals surface area contributed by atoms with Crippen LogP contribution in [0.2, 0.25) is 0 Å². The maximum atomic E-state index is 9.33. The number of aliphatic hydroxyl groups is 1. The van der Waals surface area contributed by atoms with Crippen LogP contribution in [-0.4, -0.2) is 14.7 Å². The van der Waals surface area contributed by atoms with E-state index in [0.29, 0.717) is 0 Å². The molecule has 0 aliphatic heterocycles. The minimum atomic E-state index is 0.0872. The first-order valence-corrected chi connectivity index (χ1v) is 6.95. The van der Waals surface area contributed by atoms with Gasteiger partial charge in [-0.2, -0.15) is 0 Å². The molecule has 1 aliphatic carbocycles. The molecule has 0 radical (unpaired) electrons. The highest BCUT2D eigenvalue weighted by molar-refractivity contribution is 5.93. The van der Waals surface area contributed by atoms with Crippen molar-refractivity contribution in [3.63, 3.8) is 0 Å². The lowest BCUT2D eigenvalue weighted by Crippen LogP contribution is -2.07. The summed E-state index contributed by atoms with van der Waals surface area (Å²) in [6.45, 7) is 0.0872. The number of fused-ring (bicyclic) bond motifs is 5. The molecule has 4 rings (SSSR count). The summed E-state index contributed by atoms with van der Waals surface area (Å²) in [7, 11) is 2.10. The molecule has 2 aromatic heterocycles. The molecule has 0 bridgehead atoms. The molecule has 0 saturated heterocycles. The van der Waals surface area contributed by atoms with Gasteiger partial charge < -0.3 is 9.67 Å². The van der Waals surface area contributed by atoms with E-state index in [-0.39, 0.29) is 6.61 Å². The summed E-state index contributed by atoms with van der Waals surface area (Å²) in [5.74, 6) is 0. The Labute approximate surface area is 117 Å². The van der Waals surface area contributed by atoms with E-state index in [0.717, 1.165) is 18.4 Å². The zero-order valence-electron chi connectivity index (χ0n) is 11.4. The first-order valence-electron chi connectivity index (χ1n) is 6.95. The van der Waals surface area contributed by atoms with E-state index in [2.05, 4.69) is 34.8 Å². The van der Waals surface area contributed by atoms with Crippen molar-refractivity contribution in [2.24, 2.45) is 7.05 Å². The number of pyridine rings is 1. The first-order chi connectivity index (χ1) is 9.79. The third-order valence-electron chi connectivity index (χ3n) is 4.31. The van der Waals surface area contributed by atoms with Crippen molar-refractivity contribution in [1.29, 1.82) is 0 Å². The Morgan fingerprint density at radius 2 is 2.15 bits per heavy atom. The fourth-order valence-corrected chi connectivity index (χ4v) is 3.35. The molecule has 2 heterocycles. The van der Waals surface area contributed by atoms with Gasteiger partial charge in [-0.1, -0.05) is 12.1 Å². The molecule has 3 aromatic rings. The summed E-state index contributed by atoms with van der Waals surface area (Å²) < 4.78 is 2.24. The quantitative estimate of drug-likeness (QED) is 0.734. The van der Waals surface area contributed by atoms with Crippen LogP contribution in [0.4, 0.5) is 0 Å². The third-order valence-corrected chi connectivity index (χ3v) is 4.31. The predicted molar refractivity (Wildman–Crippen MR) is 79.5 cm³/mol. The maximum absolute atomic E-state index is 9.33. The van der Waals surface area contributed by atoms with Crippen LogP contribution in [0.3, 0.4) is 0 Å². The summed E-state index contributed by atoms with van der Waals surface area (Å²) in [5, 5.41) is 10.6. The fourth-order valence-electron chi connectivity index (χ4n) is 3.35. The molecule has 100 valence electrons. The second-order valence-corrected chi connectivity index (χ2v) is 5.39. The van der Waals surface area contributed by atoms with Crippen LogP contribution >= 0.6 is 0 Å². The number of nitrogens with zero attached hydrogens (tertiary/aromatic N) is 2. The Morgan fingerprint density at radius 3 is 3.00 bits per heavy atom. The smallest absolute Gasteiger partial charge is 0.0682 e. The number of aryl methyl sites for hydroxylation is 3. The fraction of sp³-hybridized carbons (Fsp3) is 0.235. The highest BCUT2D eigenvalue weighted by Crippen LogP contribution is 2.38. The average molecular weight is 264 g/mol. The number of hydrogen-bond acceptors (Lipinski definition) is 2. The summed E-state index contributed by atoms with van der Waals surface area (Å²) in [6.07, 6.45) is 3.91. The second-order valence-electron chi connectivity index (χ2n) is 5.39. The minimum Gasteiger partial charge on any atom is -0.392 e. The van der Waals surface area contributed by atoms with Crippen LogP contribution < -0.4 is 0 Å². The van der Waals surface area contributed by atoms with E-state index in [4.69, 9.17) is 0 Å². The van der Waals surface area contributed by atoms with E-state index in [1.165, 1.54) is 33.4 Å². The second kappa shape index (κ2) is 4.18. The van der Waals surface area contributed by atoms with Crippen LogP contribution in [0.25, 0.3) is 22.2 Å². The van der Waals surface area contributed by atoms with Gasteiger partial charge in [0.15, 0.2) is 0 Å². The van der Waals surface area contributed by atoms with Crippen molar-refractivity contribution in [3.8, 4) is 11.3 Å². The lowest BCUT2D eigenvalue weighted by Gasteiger charge is -2.17. The summed E-state index contributed by atoms with van der Waals surface area (Å²) >= 11 is 0. The molecule has 0 saturated carbocycles. The summed E-state index contributed by atoms with van der Waals surface area (Å²) in [4.78, 5) is 4.51. The van der Waals surface area contributed by atoms with Gasteiger partial charge in [0.05, 0.1) is 12.3 Å². The SMILES string of the molecule is Cn1c2c(c3ccc(CO)cc31)CCc1ncccc1-2. The maximum Gasteiger partial charge on any atom is 0.0682 e. The zero-order valence-corrected chi connectivity index (χ0v) is 11.4. The highest BCUT2D eigenvalue weighted by Gasteiger charge is 2.23. The Morgan fingerprint density at radius 1 is 1.25 bits per heavy atom. The van der Waals surface area contributed by atoms with Gasteiger partial charge in [-0.3, -0.25) is 4.98 Å². The monoisotopic (exact) mass is 264 g/mol. The van der Waals surface area contributed by atoms with Gasteiger partial charge >= 0.3 is 0 Å². The molecule has 1 aromatic carbocycles. The van der Waals surface area contributed by atoms with Crippen molar-refractivity contribution in [2.45, 2.75) is 19.4 Å². The Bertz CT molecular complexity index is 817. The van der Waals surface area contributed by atoms with Gasteiger partial charge in [-0.25, -0.2) is 0 Å². The van der Waals surface area contributed by atoms with E-state index in [1.54, 1.807) is 0 Å². The number of benzene rings is 1. The molecule has 0 unspecified atom stereocenters. The van der Waals surface area contributed by atoms with E-state index >= 15 is 0 Å². The number of aliphatic hydroxyl groups excluding tert-OH is 1. The van der Waals surface area contributed by atoms with Crippen molar-refractivity contribution in [3.05, 3.63) is 53.3 Å². The van der Waals surface area contributed by atoms with Crippen LogP contribution in [0.15, 0.2) is 36.5 Å². The zero-order chi connectivity index (χ0) is 13.7. The Balaban J connectivity index is 2.08. The molecule has 1 aliphatic rings. The van der Waals surface area contributed by atoms with Crippen molar-refractivity contribution < 1.29 is 5.11 Å². The Hall–Kier alpha value is -2.13. The van der Waals surface area contributed by atoms with Crippen LogP contribution in [0, 0.1) is 0 Å². The number of hydrogen-bond donors (Lipinski definition) is 1. The molecule has 0 atom stereocenters. The lowest BCUT2D eigenvalue weighted by atomic mass is 9.92. The van der Waals surface area contributed by atoms with Crippen molar-refractivity contribution in [1.82, 2.24) is 9.55 Å². The van der Waals surface area contributed by atoms with E-state index in [1.807, 2.05) is 18.3 Å². The standard InChI is InChI=1S/C17H16N2O/c1-19-16-9-11(10-20)4-5-12(16)13-6-7-15-14(17(13)19)3-2-8-18-15/h2-5,8-9,20H,6-7,10H2,1H3. The number of aromatic nitrogens is 2. The van der Waals surface area contributed by atoms with Gasteiger partial charge in [-0.05, 0) is 42.2 Å². The third kappa shape index (κ3) is 1.47. The lowest BCUT2D eigenvalue weighted by molar-refractivity contribution is 0.282. The largest absolute Gasteiger partial charge is 0.392 e. The summed E-state index contributed by atoms with van der Waals surface area (Å²) in [6, 6.07) is 10.4. The molecular formula is C17H16N2O. The molecule has 3 heteroatoms.